The predicted octanol–water partition coefficient (Wildman–Crippen LogP) is 2.91. The summed E-state index contributed by atoms with van der Waals surface area (Å²) in [5, 5.41) is 3.41. The lowest BCUT2D eigenvalue weighted by Crippen LogP contribution is -2.45. The molecule has 11 heteroatoms. The molecule has 0 atom stereocenters. The summed E-state index contributed by atoms with van der Waals surface area (Å²) >= 11 is 0. The van der Waals surface area contributed by atoms with Crippen molar-refractivity contribution in [3.8, 4) is 11.5 Å². The van der Waals surface area contributed by atoms with Gasteiger partial charge in [0.15, 0.2) is 11.5 Å². The number of nitrogens with one attached hydrogen (secondary N) is 1. The molecule has 3 heterocycles. The van der Waals surface area contributed by atoms with Gasteiger partial charge in [-0.3, -0.25) is 4.79 Å². The zero-order chi connectivity index (χ0) is 28.9. The first-order valence-electron chi connectivity index (χ1n) is 14.1. The van der Waals surface area contributed by atoms with Crippen LogP contribution in [0.2, 0.25) is 0 Å². The Morgan fingerprint density at radius 1 is 0.902 bits per heavy atom. The number of hydrogen-bond acceptors (Lipinski definition) is 10. The summed E-state index contributed by atoms with van der Waals surface area (Å²) in [4.78, 5) is 35.5. The molecule has 0 bridgehead atoms. The van der Waals surface area contributed by atoms with E-state index in [9.17, 15) is 4.79 Å². The van der Waals surface area contributed by atoms with Crippen LogP contribution < -0.4 is 24.6 Å². The zero-order valence-corrected chi connectivity index (χ0v) is 24.7. The van der Waals surface area contributed by atoms with Crippen molar-refractivity contribution in [2.75, 3.05) is 82.7 Å². The molecule has 1 fully saturated rings. The minimum Gasteiger partial charge on any atom is -0.493 e. The predicted molar refractivity (Wildman–Crippen MR) is 160 cm³/mol. The summed E-state index contributed by atoms with van der Waals surface area (Å²) in [6.45, 7) is 8.27. The maximum absolute atomic E-state index is 12.5. The molecule has 5 rings (SSSR count). The number of aromatic nitrogens is 3. The second-order valence-corrected chi connectivity index (χ2v) is 10.6. The molecule has 0 spiro atoms. The second kappa shape index (κ2) is 12.6. The average Bonchev–Trinajstić information content (AvgIpc) is 3.02. The number of ether oxygens (including phenoxy) is 2. The van der Waals surface area contributed by atoms with E-state index in [-0.39, 0.29) is 5.91 Å². The fraction of sp³-hybridized carbons (Fsp3) is 0.467. The van der Waals surface area contributed by atoms with Crippen molar-refractivity contribution in [1.82, 2.24) is 24.8 Å². The van der Waals surface area contributed by atoms with Crippen molar-refractivity contribution in [3.63, 3.8) is 0 Å². The van der Waals surface area contributed by atoms with Crippen molar-refractivity contribution in [2.24, 2.45) is 0 Å². The number of benzene rings is 2. The van der Waals surface area contributed by atoms with Gasteiger partial charge in [0.25, 0.3) is 5.91 Å². The van der Waals surface area contributed by atoms with Crippen LogP contribution in [-0.2, 0) is 19.5 Å². The molecular weight excluding hydrogens is 520 g/mol. The van der Waals surface area contributed by atoms with Crippen LogP contribution in [0.5, 0.6) is 11.5 Å². The molecule has 0 unspecified atom stereocenters. The Bertz CT molecular complexity index is 1360. The van der Waals surface area contributed by atoms with E-state index >= 15 is 0 Å². The Labute approximate surface area is 242 Å². The molecule has 41 heavy (non-hydrogen) atoms. The van der Waals surface area contributed by atoms with Gasteiger partial charge in [-0.05, 0) is 61.3 Å². The molecule has 1 amide bonds. The summed E-state index contributed by atoms with van der Waals surface area (Å²) in [5.41, 5.74) is 4.14. The van der Waals surface area contributed by atoms with Crippen LogP contribution in [0.25, 0.3) is 0 Å². The fourth-order valence-corrected chi connectivity index (χ4v) is 5.09. The lowest BCUT2D eigenvalue weighted by Gasteiger charge is -2.34. The molecule has 2 aliphatic rings. The Morgan fingerprint density at radius 3 is 2.17 bits per heavy atom. The Kier molecular flexibility index (Phi) is 8.72. The number of anilines is 3. The van der Waals surface area contributed by atoms with Gasteiger partial charge in [-0.15, -0.1) is 0 Å². The maximum Gasteiger partial charge on any atom is 0.253 e. The average molecular weight is 561 g/mol. The van der Waals surface area contributed by atoms with Crippen molar-refractivity contribution in [3.05, 3.63) is 58.7 Å². The maximum atomic E-state index is 12.5. The van der Waals surface area contributed by atoms with Gasteiger partial charge in [0, 0.05) is 65.0 Å². The second-order valence-electron chi connectivity index (χ2n) is 10.6. The number of fused-ring (bicyclic) bond motifs is 1. The summed E-state index contributed by atoms with van der Waals surface area (Å²) in [6.07, 6.45) is 0.853. The van der Waals surface area contributed by atoms with E-state index < -0.39 is 0 Å². The van der Waals surface area contributed by atoms with Crippen molar-refractivity contribution < 1.29 is 14.3 Å². The zero-order valence-electron chi connectivity index (χ0n) is 24.7. The highest BCUT2D eigenvalue weighted by molar-refractivity contribution is 5.94. The lowest BCUT2D eigenvalue weighted by atomic mass is 9.99. The standard InChI is InChI=1S/C30H40N8O3/c1-6-36(3)27(39)22-9-7-21(8-10-22)19-31-28-32-29(37-15-13-35(2)14-16-37)34-30(33-28)38-12-11-23-17-25(40-4)26(41-5)18-24(23)20-38/h7-10,17-18H,6,11-16,19-20H2,1-5H3,(H,31,32,33,34). The number of carbonyl (C=O) groups is 1. The van der Waals surface area contributed by atoms with E-state index in [1.54, 1.807) is 19.1 Å². The van der Waals surface area contributed by atoms with Crippen LogP contribution in [0.15, 0.2) is 36.4 Å². The molecule has 0 radical (unpaired) electrons. The Balaban J connectivity index is 1.37. The van der Waals surface area contributed by atoms with Gasteiger partial charge < -0.3 is 34.4 Å². The fourth-order valence-electron chi connectivity index (χ4n) is 5.09. The molecule has 3 aromatic rings. The van der Waals surface area contributed by atoms with E-state index in [2.05, 4.69) is 39.2 Å². The minimum absolute atomic E-state index is 0.0186. The van der Waals surface area contributed by atoms with E-state index in [1.807, 2.05) is 38.2 Å². The molecule has 2 aliphatic heterocycles. The monoisotopic (exact) mass is 560 g/mol. The lowest BCUT2D eigenvalue weighted by molar-refractivity contribution is 0.0802. The minimum atomic E-state index is 0.0186. The first-order chi connectivity index (χ1) is 19.9. The van der Waals surface area contributed by atoms with E-state index in [0.29, 0.717) is 43.0 Å². The van der Waals surface area contributed by atoms with Crippen LogP contribution in [0.1, 0.15) is 34.0 Å². The highest BCUT2D eigenvalue weighted by Gasteiger charge is 2.24. The molecule has 2 aromatic carbocycles. The smallest absolute Gasteiger partial charge is 0.253 e. The number of methoxy groups -OCH3 is 2. The first-order valence-corrected chi connectivity index (χ1v) is 14.1. The molecule has 1 aromatic heterocycles. The van der Waals surface area contributed by atoms with Gasteiger partial charge in [-0.25, -0.2) is 0 Å². The van der Waals surface area contributed by atoms with Gasteiger partial charge >= 0.3 is 0 Å². The normalized spacial score (nSPS) is 15.3. The number of piperazine rings is 1. The molecule has 0 aliphatic carbocycles. The summed E-state index contributed by atoms with van der Waals surface area (Å²) in [6, 6.07) is 11.8. The van der Waals surface area contributed by atoms with Crippen molar-refractivity contribution in [1.29, 1.82) is 0 Å². The molecule has 1 saturated heterocycles. The highest BCUT2D eigenvalue weighted by Crippen LogP contribution is 2.34. The van der Waals surface area contributed by atoms with E-state index in [4.69, 9.17) is 24.4 Å². The number of rotatable bonds is 9. The number of carbonyl (C=O) groups excluding carboxylic acids is 1. The van der Waals surface area contributed by atoms with Crippen LogP contribution in [-0.4, -0.2) is 98.2 Å². The van der Waals surface area contributed by atoms with Gasteiger partial charge in [0.1, 0.15) is 0 Å². The molecule has 1 N–H and O–H groups in total. The summed E-state index contributed by atoms with van der Waals surface area (Å²) in [5.74, 6) is 3.36. The van der Waals surface area contributed by atoms with Gasteiger partial charge in [-0.2, -0.15) is 15.0 Å². The van der Waals surface area contributed by atoms with Crippen LogP contribution in [0.3, 0.4) is 0 Å². The van der Waals surface area contributed by atoms with Crippen LogP contribution in [0.4, 0.5) is 17.8 Å². The van der Waals surface area contributed by atoms with Crippen molar-refractivity contribution in [2.45, 2.75) is 26.4 Å². The molecular formula is C30H40N8O3. The van der Waals surface area contributed by atoms with Crippen molar-refractivity contribution >= 4 is 23.8 Å². The Morgan fingerprint density at radius 2 is 1.54 bits per heavy atom. The molecule has 218 valence electrons. The quantitative estimate of drug-likeness (QED) is 0.421. The van der Waals surface area contributed by atoms with Crippen LogP contribution in [0, 0.1) is 0 Å². The van der Waals surface area contributed by atoms with Gasteiger partial charge in [0.2, 0.25) is 17.8 Å². The molecule has 11 nitrogen and oxygen atoms in total. The third kappa shape index (κ3) is 6.45. The van der Waals surface area contributed by atoms with E-state index in [0.717, 1.165) is 56.2 Å². The Hall–Kier alpha value is -4.12. The third-order valence-electron chi connectivity index (χ3n) is 7.87. The largest absolute Gasteiger partial charge is 0.493 e. The topological polar surface area (TPSA) is 99.2 Å². The summed E-state index contributed by atoms with van der Waals surface area (Å²) in [7, 11) is 7.27. The van der Waals surface area contributed by atoms with Gasteiger partial charge in [0.05, 0.1) is 14.2 Å². The first kappa shape index (κ1) is 28.4. The highest BCUT2D eigenvalue weighted by atomic mass is 16.5. The number of nitrogens with zero attached hydrogens (tertiary/aromatic N) is 7. The third-order valence-corrected chi connectivity index (χ3v) is 7.87. The SMILES string of the molecule is CCN(C)C(=O)c1ccc(CNc2nc(N3CCN(C)CC3)nc(N3CCc4cc(OC)c(OC)cc4C3)n2)cc1. The molecule has 0 saturated carbocycles. The number of likely N-dealkylation sites (N-methyl/N-ethyl adjacent to an activating group) is 1. The van der Waals surface area contributed by atoms with Crippen LogP contribution >= 0.6 is 0 Å². The number of amides is 1. The summed E-state index contributed by atoms with van der Waals surface area (Å²) < 4.78 is 11.1. The van der Waals surface area contributed by atoms with E-state index in [1.165, 1.54) is 11.1 Å². The van der Waals surface area contributed by atoms with Gasteiger partial charge in [-0.1, -0.05) is 12.1 Å². The number of hydrogen-bond donors (Lipinski definition) is 1.